The van der Waals surface area contributed by atoms with Crippen LogP contribution in [0.4, 0.5) is 22.7 Å². The Hall–Kier alpha value is -2.36. The zero-order valence-electron chi connectivity index (χ0n) is 13.7. The summed E-state index contributed by atoms with van der Waals surface area (Å²) in [6.07, 6.45) is 2.63. The van der Waals surface area contributed by atoms with Crippen LogP contribution in [-0.4, -0.2) is 20.1 Å². The monoisotopic (exact) mass is 310 g/mol. The Kier molecular flexibility index (Phi) is 4.91. The zero-order valence-corrected chi connectivity index (χ0v) is 13.7. The standard InChI is InChI=1S/C19H26N4/c1-21-17-8-10-19(11-9-17)23-13-15-3-2-14(15)12-22-18-6-4-16(20)5-7-18/h4-11,14-15,21-23H,2-3,12-13,20H2,1H3. The van der Waals surface area contributed by atoms with E-state index in [1.54, 1.807) is 0 Å². The molecule has 1 fully saturated rings. The molecular weight excluding hydrogens is 284 g/mol. The van der Waals surface area contributed by atoms with Crippen molar-refractivity contribution in [1.82, 2.24) is 0 Å². The van der Waals surface area contributed by atoms with Gasteiger partial charge in [0.2, 0.25) is 0 Å². The molecule has 0 aromatic heterocycles. The minimum Gasteiger partial charge on any atom is -0.399 e. The second kappa shape index (κ2) is 7.27. The van der Waals surface area contributed by atoms with Crippen molar-refractivity contribution < 1.29 is 0 Å². The molecule has 2 atom stereocenters. The van der Waals surface area contributed by atoms with Crippen LogP contribution in [0.3, 0.4) is 0 Å². The van der Waals surface area contributed by atoms with Gasteiger partial charge in [-0.3, -0.25) is 0 Å². The van der Waals surface area contributed by atoms with Crippen LogP contribution in [0.5, 0.6) is 0 Å². The lowest BCUT2D eigenvalue weighted by Crippen LogP contribution is -2.36. The number of hydrogen-bond acceptors (Lipinski definition) is 4. The smallest absolute Gasteiger partial charge is 0.0341 e. The molecule has 0 bridgehead atoms. The first-order valence-electron chi connectivity index (χ1n) is 8.35. The number of nitrogens with two attached hydrogens (primary N) is 1. The van der Waals surface area contributed by atoms with Crippen LogP contribution in [0.2, 0.25) is 0 Å². The Labute approximate surface area is 138 Å². The molecule has 0 saturated heterocycles. The maximum atomic E-state index is 5.72. The van der Waals surface area contributed by atoms with Crippen LogP contribution in [0.25, 0.3) is 0 Å². The van der Waals surface area contributed by atoms with Crippen molar-refractivity contribution in [3.63, 3.8) is 0 Å². The Bertz CT molecular complexity index is 606. The van der Waals surface area contributed by atoms with E-state index in [1.165, 1.54) is 18.5 Å². The molecule has 2 unspecified atom stereocenters. The average Bonchev–Trinajstić information content (AvgIpc) is 2.56. The highest BCUT2D eigenvalue weighted by atomic mass is 14.9. The first kappa shape index (κ1) is 15.5. The highest BCUT2D eigenvalue weighted by Gasteiger charge is 2.30. The predicted octanol–water partition coefficient (Wildman–Crippen LogP) is 3.86. The first-order chi connectivity index (χ1) is 11.2. The van der Waals surface area contributed by atoms with Gasteiger partial charge in [-0.25, -0.2) is 0 Å². The molecule has 4 heteroatoms. The number of nitrogen functional groups attached to an aromatic ring is 1. The van der Waals surface area contributed by atoms with Gasteiger partial charge in [0.05, 0.1) is 0 Å². The van der Waals surface area contributed by atoms with E-state index in [0.717, 1.165) is 42.0 Å². The third-order valence-electron chi connectivity index (χ3n) is 4.80. The fourth-order valence-electron chi connectivity index (χ4n) is 3.03. The van der Waals surface area contributed by atoms with Crippen LogP contribution in [0, 0.1) is 11.8 Å². The summed E-state index contributed by atoms with van der Waals surface area (Å²) in [5, 5.41) is 10.2. The van der Waals surface area contributed by atoms with Crippen LogP contribution < -0.4 is 21.7 Å². The summed E-state index contributed by atoms with van der Waals surface area (Å²) >= 11 is 0. The van der Waals surface area contributed by atoms with Crippen LogP contribution >= 0.6 is 0 Å². The van der Waals surface area contributed by atoms with Crippen molar-refractivity contribution in [2.45, 2.75) is 12.8 Å². The quantitative estimate of drug-likeness (QED) is 0.586. The van der Waals surface area contributed by atoms with E-state index in [2.05, 4.69) is 40.2 Å². The van der Waals surface area contributed by atoms with Gasteiger partial charge in [0, 0.05) is 42.9 Å². The molecule has 0 amide bonds. The van der Waals surface area contributed by atoms with Gasteiger partial charge in [0.1, 0.15) is 0 Å². The molecule has 0 aliphatic heterocycles. The van der Waals surface area contributed by atoms with Gasteiger partial charge in [-0.05, 0) is 73.2 Å². The van der Waals surface area contributed by atoms with Crippen LogP contribution in [0.1, 0.15) is 12.8 Å². The Morgan fingerprint density at radius 3 is 1.65 bits per heavy atom. The van der Waals surface area contributed by atoms with Gasteiger partial charge in [0.25, 0.3) is 0 Å². The largest absolute Gasteiger partial charge is 0.399 e. The van der Waals surface area contributed by atoms with Crippen molar-refractivity contribution in [3.8, 4) is 0 Å². The minimum atomic E-state index is 0.747. The third-order valence-corrected chi connectivity index (χ3v) is 4.80. The molecule has 2 aromatic rings. The van der Waals surface area contributed by atoms with Crippen molar-refractivity contribution >= 4 is 22.7 Å². The third kappa shape index (κ3) is 4.09. The topological polar surface area (TPSA) is 62.1 Å². The van der Waals surface area contributed by atoms with E-state index in [4.69, 9.17) is 5.73 Å². The van der Waals surface area contributed by atoms with E-state index < -0.39 is 0 Å². The van der Waals surface area contributed by atoms with Crippen molar-refractivity contribution in [2.24, 2.45) is 11.8 Å². The molecule has 122 valence electrons. The highest BCUT2D eigenvalue weighted by Crippen LogP contribution is 2.34. The Morgan fingerprint density at radius 1 is 0.783 bits per heavy atom. The summed E-state index contributed by atoms with van der Waals surface area (Å²) < 4.78 is 0. The molecule has 3 rings (SSSR count). The Balaban J connectivity index is 1.43. The summed E-state index contributed by atoms with van der Waals surface area (Å²) in [5.41, 5.74) is 10.0. The lowest BCUT2D eigenvalue weighted by Gasteiger charge is -2.37. The fraction of sp³-hybridized carbons (Fsp3) is 0.368. The molecule has 5 N–H and O–H groups in total. The van der Waals surface area contributed by atoms with Crippen LogP contribution in [-0.2, 0) is 0 Å². The Morgan fingerprint density at radius 2 is 1.22 bits per heavy atom. The molecule has 1 aliphatic rings. The van der Waals surface area contributed by atoms with Crippen molar-refractivity contribution in [3.05, 3.63) is 48.5 Å². The van der Waals surface area contributed by atoms with Gasteiger partial charge in [0.15, 0.2) is 0 Å². The second-order valence-electron chi connectivity index (χ2n) is 6.31. The molecule has 0 radical (unpaired) electrons. The van der Waals surface area contributed by atoms with Crippen molar-refractivity contribution in [1.29, 1.82) is 0 Å². The summed E-state index contributed by atoms with van der Waals surface area (Å²) in [6.45, 7) is 2.09. The number of hydrogen-bond donors (Lipinski definition) is 4. The highest BCUT2D eigenvalue weighted by molar-refractivity contribution is 5.53. The minimum absolute atomic E-state index is 0.747. The summed E-state index contributed by atoms with van der Waals surface area (Å²) in [4.78, 5) is 0. The van der Waals surface area contributed by atoms with E-state index in [9.17, 15) is 0 Å². The molecule has 0 spiro atoms. The molecule has 2 aromatic carbocycles. The lowest BCUT2D eigenvalue weighted by molar-refractivity contribution is 0.202. The van der Waals surface area contributed by atoms with E-state index in [0.29, 0.717) is 0 Å². The molecule has 4 nitrogen and oxygen atoms in total. The number of anilines is 4. The van der Waals surface area contributed by atoms with Gasteiger partial charge < -0.3 is 21.7 Å². The van der Waals surface area contributed by atoms with E-state index in [1.807, 2.05) is 31.3 Å². The molecule has 0 heterocycles. The SMILES string of the molecule is CNc1ccc(NCC2CCC2CNc2ccc(N)cc2)cc1. The number of nitrogens with one attached hydrogen (secondary N) is 3. The van der Waals surface area contributed by atoms with Gasteiger partial charge in [-0.1, -0.05) is 0 Å². The maximum absolute atomic E-state index is 5.72. The van der Waals surface area contributed by atoms with E-state index >= 15 is 0 Å². The first-order valence-corrected chi connectivity index (χ1v) is 8.35. The molecular formula is C19H26N4. The lowest BCUT2D eigenvalue weighted by atomic mass is 9.73. The number of benzene rings is 2. The maximum Gasteiger partial charge on any atom is 0.0341 e. The predicted molar refractivity (Wildman–Crippen MR) is 100 cm³/mol. The zero-order chi connectivity index (χ0) is 16.1. The normalized spacial score (nSPS) is 19.7. The van der Waals surface area contributed by atoms with Gasteiger partial charge in [-0.2, -0.15) is 0 Å². The summed E-state index contributed by atoms with van der Waals surface area (Å²) in [5.74, 6) is 1.50. The average molecular weight is 310 g/mol. The van der Waals surface area contributed by atoms with Crippen molar-refractivity contribution in [2.75, 3.05) is 41.8 Å². The molecule has 1 aliphatic carbocycles. The fourth-order valence-corrected chi connectivity index (χ4v) is 3.03. The van der Waals surface area contributed by atoms with Gasteiger partial charge >= 0.3 is 0 Å². The van der Waals surface area contributed by atoms with Crippen LogP contribution in [0.15, 0.2) is 48.5 Å². The summed E-state index contributed by atoms with van der Waals surface area (Å²) in [6, 6.07) is 16.4. The second-order valence-corrected chi connectivity index (χ2v) is 6.31. The molecule has 23 heavy (non-hydrogen) atoms. The molecule has 1 saturated carbocycles. The van der Waals surface area contributed by atoms with Gasteiger partial charge in [-0.15, -0.1) is 0 Å². The van der Waals surface area contributed by atoms with E-state index in [-0.39, 0.29) is 0 Å². The number of rotatable bonds is 7. The summed E-state index contributed by atoms with van der Waals surface area (Å²) in [7, 11) is 1.94.